The standard InChI is InChI=1S/C10H14N2O/c1-6-8(3)12-5-4-9(6)10(13)7(2)11/h4-5,7H,11H2,1-3H3. The Bertz CT molecular complexity index is 332. The van der Waals surface area contributed by atoms with E-state index in [-0.39, 0.29) is 5.78 Å². The normalized spacial score (nSPS) is 12.6. The number of pyridine rings is 1. The van der Waals surface area contributed by atoms with Crippen LogP contribution in [0.1, 0.15) is 28.5 Å². The smallest absolute Gasteiger partial charge is 0.179 e. The average Bonchev–Trinajstić information content (AvgIpc) is 2.08. The van der Waals surface area contributed by atoms with E-state index in [0.29, 0.717) is 5.56 Å². The van der Waals surface area contributed by atoms with Gasteiger partial charge in [0.1, 0.15) is 0 Å². The van der Waals surface area contributed by atoms with Gasteiger partial charge in [0.2, 0.25) is 0 Å². The van der Waals surface area contributed by atoms with Crippen molar-refractivity contribution in [2.75, 3.05) is 0 Å². The summed E-state index contributed by atoms with van der Waals surface area (Å²) in [5.74, 6) is -0.0250. The Balaban J connectivity index is 3.15. The van der Waals surface area contributed by atoms with Crippen molar-refractivity contribution in [3.63, 3.8) is 0 Å². The fourth-order valence-electron chi connectivity index (χ4n) is 1.15. The van der Waals surface area contributed by atoms with Crippen LogP contribution in [-0.4, -0.2) is 16.8 Å². The van der Waals surface area contributed by atoms with Crippen LogP contribution in [-0.2, 0) is 0 Å². The predicted octanol–water partition coefficient (Wildman–Crippen LogP) is 1.23. The maximum absolute atomic E-state index is 11.6. The van der Waals surface area contributed by atoms with Crippen LogP contribution in [0.25, 0.3) is 0 Å². The van der Waals surface area contributed by atoms with Crippen LogP contribution in [0.5, 0.6) is 0 Å². The van der Waals surface area contributed by atoms with Gasteiger partial charge >= 0.3 is 0 Å². The van der Waals surface area contributed by atoms with Gasteiger partial charge in [0.15, 0.2) is 5.78 Å². The van der Waals surface area contributed by atoms with E-state index < -0.39 is 6.04 Å². The molecule has 0 aliphatic heterocycles. The maximum Gasteiger partial charge on any atom is 0.179 e. The Morgan fingerprint density at radius 1 is 1.54 bits per heavy atom. The Kier molecular flexibility index (Phi) is 2.78. The van der Waals surface area contributed by atoms with Crippen LogP contribution in [0, 0.1) is 13.8 Å². The molecule has 2 N–H and O–H groups in total. The average molecular weight is 178 g/mol. The molecule has 0 bridgehead atoms. The summed E-state index contributed by atoms with van der Waals surface area (Å²) in [5.41, 5.74) is 8.00. The molecule has 1 heterocycles. The molecule has 0 aliphatic rings. The van der Waals surface area contributed by atoms with Crippen LogP contribution in [0.2, 0.25) is 0 Å². The lowest BCUT2D eigenvalue weighted by molar-refractivity contribution is 0.0967. The molecule has 1 rings (SSSR count). The lowest BCUT2D eigenvalue weighted by atomic mass is 10.0. The van der Waals surface area contributed by atoms with E-state index in [1.54, 1.807) is 19.2 Å². The predicted molar refractivity (Wildman–Crippen MR) is 51.7 cm³/mol. The second-order valence-electron chi connectivity index (χ2n) is 3.22. The third kappa shape index (κ3) is 1.92. The van der Waals surface area contributed by atoms with Crippen LogP contribution >= 0.6 is 0 Å². The third-order valence-electron chi connectivity index (χ3n) is 2.14. The molecular weight excluding hydrogens is 164 g/mol. The molecule has 1 aromatic heterocycles. The third-order valence-corrected chi connectivity index (χ3v) is 2.14. The van der Waals surface area contributed by atoms with Crippen LogP contribution in [0.3, 0.4) is 0 Å². The van der Waals surface area contributed by atoms with Crippen molar-refractivity contribution < 1.29 is 4.79 Å². The molecule has 1 unspecified atom stereocenters. The Hall–Kier alpha value is -1.22. The number of nitrogens with two attached hydrogens (primary N) is 1. The van der Waals surface area contributed by atoms with Gasteiger partial charge in [0.05, 0.1) is 6.04 Å². The molecule has 0 amide bonds. The number of carbonyl (C=O) groups excluding carboxylic acids is 1. The van der Waals surface area contributed by atoms with Crippen molar-refractivity contribution in [3.05, 3.63) is 29.1 Å². The Morgan fingerprint density at radius 2 is 2.15 bits per heavy atom. The molecule has 0 aliphatic carbocycles. The molecule has 0 saturated carbocycles. The number of rotatable bonds is 2. The summed E-state index contributed by atoms with van der Waals surface area (Å²) < 4.78 is 0. The Labute approximate surface area is 78.0 Å². The molecule has 13 heavy (non-hydrogen) atoms. The summed E-state index contributed by atoms with van der Waals surface area (Å²) >= 11 is 0. The molecule has 0 aromatic carbocycles. The van der Waals surface area contributed by atoms with Gasteiger partial charge in [0.25, 0.3) is 0 Å². The lowest BCUT2D eigenvalue weighted by Crippen LogP contribution is -2.27. The first kappa shape index (κ1) is 9.86. The minimum atomic E-state index is -0.444. The van der Waals surface area contributed by atoms with Gasteiger partial charge in [-0.2, -0.15) is 0 Å². The number of hydrogen-bond donors (Lipinski definition) is 1. The molecule has 3 heteroatoms. The molecule has 0 radical (unpaired) electrons. The van der Waals surface area contributed by atoms with Crippen molar-refractivity contribution in [3.8, 4) is 0 Å². The number of nitrogens with zero attached hydrogens (tertiary/aromatic N) is 1. The second kappa shape index (κ2) is 3.66. The van der Waals surface area contributed by atoms with E-state index in [1.807, 2.05) is 13.8 Å². The summed E-state index contributed by atoms with van der Waals surface area (Å²) in [6, 6.07) is 1.27. The zero-order chi connectivity index (χ0) is 10.0. The van der Waals surface area contributed by atoms with Crippen molar-refractivity contribution in [2.24, 2.45) is 5.73 Å². The highest BCUT2D eigenvalue weighted by atomic mass is 16.1. The summed E-state index contributed by atoms with van der Waals surface area (Å²) in [6.45, 7) is 5.46. The lowest BCUT2D eigenvalue weighted by Gasteiger charge is -2.08. The molecule has 0 saturated heterocycles. The first-order valence-electron chi connectivity index (χ1n) is 4.26. The van der Waals surface area contributed by atoms with Crippen molar-refractivity contribution >= 4 is 5.78 Å². The van der Waals surface area contributed by atoms with Gasteiger partial charge in [-0.15, -0.1) is 0 Å². The number of aromatic nitrogens is 1. The first-order valence-corrected chi connectivity index (χ1v) is 4.26. The van der Waals surface area contributed by atoms with Crippen LogP contribution in [0.4, 0.5) is 0 Å². The van der Waals surface area contributed by atoms with Gasteiger partial charge in [-0.1, -0.05) is 0 Å². The summed E-state index contributed by atoms with van der Waals surface area (Å²) in [4.78, 5) is 15.7. The minimum absolute atomic E-state index is 0.0250. The minimum Gasteiger partial charge on any atom is -0.321 e. The first-order chi connectivity index (χ1) is 6.04. The zero-order valence-electron chi connectivity index (χ0n) is 8.16. The van der Waals surface area contributed by atoms with Crippen LogP contribution < -0.4 is 5.73 Å². The molecule has 1 atom stereocenters. The number of carbonyl (C=O) groups is 1. The summed E-state index contributed by atoms with van der Waals surface area (Å²) in [6.07, 6.45) is 1.64. The fraction of sp³-hybridized carbons (Fsp3) is 0.400. The van der Waals surface area contributed by atoms with Gasteiger partial charge in [-0.25, -0.2) is 0 Å². The Morgan fingerprint density at radius 3 is 2.69 bits per heavy atom. The highest BCUT2D eigenvalue weighted by Crippen LogP contribution is 2.11. The van der Waals surface area contributed by atoms with Gasteiger partial charge < -0.3 is 5.73 Å². The molecule has 0 spiro atoms. The summed E-state index contributed by atoms with van der Waals surface area (Å²) in [5, 5.41) is 0. The van der Waals surface area contributed by atoms with E-state index in [2.05, 4.69) is 4.98 Å². The number of Topliss-reactive ketones (excluding diaryl/α,β-unsaturated/α-hetero) is 1. The van der Waals surface area contributed by atoms with E-state index in [4.69, 9.17) is 5.73 Å². The van der Waals surface area contributed by atoms with Crippen molar-refractivity contribution in [1.29, 1.82) is 0 Å². The van der Waals surface area contributed by atoms with E-state index in [1.165, 1.54) is 0 Å². The van der Waals surface area contributed by atoms with Gasteiger partial charge in [-0.05, 0) is 32.4 Å². The van der Waals surface area contributed by atoms with Crippen molar-refractivity contribution in [2.45, 2.75) is 26.8 Å². The van der Waals surface area contributed by atoms with E-state index >= 15 is 0 Å². The molecular formula is C10H14N2O. The van der Waals surface area contributed by atoms with Crippen molar-refractivity contribution in [1.82, 2.24) is 4.98 Å². The molecule has 1 aromatic rings. The number of aryl methyl sites for hydroxylation is 1. The monoisotopic (exact) mass is 178 g/mol. The highest BCUT2D eigenvalue weighted by molar-refractivity contribution is 6.00. The quantitative estimate of drug-likeness (QED) is 0.693. The number of ketones is 1. The fourth-order valence-corrected chi connectivity index (χ4v) is 1.15. The van der Waals surface area contributed by atoms with E-state index in [0.717, 1.165) is 11.3 Å². The topological polar surface area (TPSA) is 56.0 Å². The molecule has 0 fully saturated rings. The number of hydrogen-bond acceptors (Lipinski definition) is 3. The molecule has 70 valence electrons. The molecule has 3 nitrogen and oxygen atoms in total. The highest BCUT2D eigenvalue weighted by Gasteiger charge is 2.13. The van der Waals surface area contributed by atoms with E-state index in [9.17, 15) is 4.79 Å². The zero-order valence-corrected chi connectivity index (χ0v) is 8.16. The largest absolute Gasteiger partial charge is 0.321 e. The van der Waals surface area contributed by atoms with Gasteiger partial charge in [0, 0.05) is 17.5 Å². The van der Waals surface area contributed by atoms with Gasteiger partial charge in [-0.3, -0.25) is 9.78 Å². The second-order valence-corrected chi connectivity index (χ2v) is 3.22. The summed E-state index contributed by atoms with van der Waals surface area (Å²) in [7, 11) is 0. The van der Waals surface area contributed by atoms with Crippen LogP contribution in [0.15, 0.2) is 12.3 Å². The maximum atomic E-state index is 11.6. The SMILES string of the molecule is Cc1nccc(C(=O)C(C)N)c1C.